The molecular formula is C28H47NO7. The van der Waals surface area contributed by atoms with Crippen LogP contribution in [0.1, 0.15) is 67.7 Å². The molecule has 8 nitrogen and oxygen atoms in total. The van der Waals surface area contributed by atoms with Crippen molar-refractivity contribution in [1.29, 1.82) is 0 Å². The van der Waals surface area contributed by atoms with Crippen molar-refractivity contribution in [1.82, 2.24) is 4.90 Å². The van der Waals surface area contributed by atoms with E-state index < -0.39 is 42.4 Å². The molecule has 0 aromatic carbocycles. The first-order valence-electron chi connectivity index (χ1n) is 13.4. The fraction of sp³-hybridized carbons (Fsp3) is 0.821. The van der Waals surface area contributed by atoms with Gasteiger partial charge in [0, 0.05) is 23.8 Å². The summed E-state index contributed by atoms with van der Waals surface area (Å²) in [5.41, 5.74) is 0. The van der Waals surface area contributed by atoms with E-state index in [1.54, 1.807) is 26.0 Å². The van der Waals surface area contributed by atoms with Gasteiger partial charge in [0.05, 0.1) is 12.2 Å². The molecule has 1 fully saturated rings. The molecule has 36 heavy (non-hydrogen) atoms. The third-order valence-corrected chi connectivity index (χ3v) is 7.88. The number of ketones is 2. The molecule has 0 aromatic rings. The zero-order valence-electron chi connectivity index (χ0n) is 23.5. The molecule has 2 aliphatic heterocycles. The van der Waals surface area contributed by atoms with Crippen LogP contribution >= 0.6 is 0 Å². The van der Waals surface area contributed by atoms with Crippen LogP contribution in [0, 0.1) is 29.6 Å². The molecule has 0 radical (unpaired) electrons. The van der Waals surface area contributed by atoms with E-state index in [1.807, 2.05) is 53.6 Å². The number of allylic oxidation sites excluding steroid dienone is 1. The van der Waals surface area contributed by atoms with E-state index in [-0.39, 0.29) is 41.5 Å². The minimum absolute atomic E-state index is 0.0201. The number of hydrogen-bond donors (Lipinski definition) is 1. The van der Waals surface area contributed by atoms with E-state index >= 15 is 0 Å². The van der Waals surface area contributed by atoms with Gasteiger partial charge in [0.25, 0.3) is 0 Å². The molecule has 1 saturated heterocycles. The summed E-state index contributed by atoms with van der Waals surface area (Å²) >= 11 is 0. The highest BCUT2D eigenvalue weighted by Gasteiger charge is 2.43. The van der Waals surface area contributed by atoms with Crippen molar-refractivity contribution in [2.24, 2.45) is 29.6 Å². The van der Waals surface area contributed by atoms with Gasteiger partial charge in [-0.3, -0.25) is 14.4 Å². The number of Topliss-reactive ketones (excluding diaryl/α,β-unsaturated/α-hetero) is 1. The van der Waals surface area contributed by atoms with E-state index in [2.05, 4.69) is 0 Å². The number of hydrogen-bond acceptors (Lipinski definition) is 8. The van der Waals surface area contributed by atoms with Gasteiger partial charge in [0.15, 0.2) is 17.9 Å². The Kier molecular flexibility index (Phi) is 11.3. The van der Waals surface area contributed by atoms with Gasteiger partial charge in [0.1, 0.15) is 18.1 Å². The van der Waals surface area contributed by atoms with Crippen molar-refractivity contribution in [2.45, 2.75) is 104 Å². The smallest absolute Gasteiger partial charge is 0.316 e. The Morgan fingerprint density at radius 2 is 1.69 bits per heavy atom. The van der Waals surface area contributed by atoms with Gasteiger partial charge >= 0.3 is 5.97 Å². The van der Waals surface area contributed by atoms with Gasteiger partial charge < -0.3 is 24.2 Å². The minimum atomic E-state index is -0.962. The minimum Gasteiger partial charge on any atom is -0.461 e. The predicted octanol–water partition coefficient (Wildman–Crippen LogP) is 3.40. The van der Waals surface area contributed by atoms with Crippen LogP contribution in [0.2, 0.25) is 0 Å². The van der Waals surface area contributed by atoms with Gasteiger partial charge in [-0.25, -0.2) is 0 Å². The van der Waals surface area contributed by atoms with Crippen LogP contribution in [0.4, 0.5) is 0 Å². The largest absolute Gasteiger partial charge is 0.461 e. The normalized spacial score (nSPS) is 42.6. The zero-order valence-corrected chi connectivity index (χ0v) is 23.5. The first-order valence-corrected chi connectivity index (χ1v) is 13.4. The summed E-state index contributed by atoms with van der Waals surface area (Å²) in [5, 5.41) is 11.0. The molecule has 0 spiro atoms. The van der Waals surface area contributed by atoms with E-state index in [0.29, 0.717) is 19.3 Å². The standard InChI is InChI=1S/C28H47NO7/c1-10-23-15(2)11-12-22(30)16(3)13-17(4)26(19(6)24(31)20(7)27(33)35-23)36-28-25(32)21(29(8)9)14-18(5)34-28/h11-12,15-21,23,25-26,28,32H,10,13-14H2,1-9H3/b12-11-/t15-,16-,17+,18-,19+,20-,21+,23-,25-,26+,28+/m1/s1. The van der Waals surface area contributed by atoms with Crippen LogP contribution in [-0.4, -0.2) is 78.4 Å². The molecule has 0 bridgehead atoms. The van der Waals surface area contributed by atoms with Gasteiger partial charge in [-0.1, -0.05) is 40.7 Å². The Hall–Kier alpha value is -1.61. The Morgan fingerprint density at radius 1 is 1.06 bits per heavy atom. The highest BCUT2D eigenvalue weighted by molar-refractivity contribution is 6.00. The van der Waals surface area contributed by atoms with Crippen molar-refractivity contribution in [3.63, 3.8) is 0 Å². The van der Waals surface area contributed by atoms with E-state index in [9.17, 15) is 19.5 Å². The zero-order chi connectivity index (χ0) is 27.3. The summed E-state index contributed by atoms with van der Waals surface area (Å²) < 4.78 is 18.1. The number of aliphatic hydroxyl groups is 1. The number of aliphatic hydroxyl groups excluding tert-OH is 1. The van der Waals surface area contributed by atoms with Crippen molar-refractivity contribution in [2.75, 3.05) is 14.1 Å². The van der Waals surface area contributed by atoms with Gasteiger partial charge in [-0.05, 0) is 59.2 Å². The maximum absolute atomic E-state index is 13.5. The number of nitrogens with zero attached hydrogens (tertiary/aromatic N) is 1. The lowest BCUT2D eigenvalue weighted by Crippen LogP contribution is -2.56. The molecule has 0 saturated carbocycles. The average Bonchev–Trinajstić information content (AvgIpc) is 2.83. The third kappa shape index (κ3) is 7.46. The molecule has 2 heterocycles. The fourth-order valence-corrected chi connectivity index (χ4v) is 5.38. The highest BCUT2D eigenvalue weighted by Crippen LogP contribution is 2.32. The SMILES string of the molecule is CC[C@H]1OC(=O)[C@H](C)C(=O)[C@H](C)[C@@H](O[C@@H]2O[C@H](C)C[C@H](N(C)C)[C@H]2O)[C@@H](C)C[C@@H](C)C(=O)/C=C\[C@H]1C. The summed E-state index contributed by atoms with van der Waals surface area (Å²) in [6.45, 7) is 12.9. The van der Waals surface area contributed by atoms with Crippen molar-refractivity contribution in [3.05, 3.63) is 12.2 Å². The predicted molar refractivity (Wildman–Crippen MR) is 137 cm³/mol. The quantitative estimate of drug-likeness (QED) is 0.454. The number of carbonyl (C=O) groups is 3. The number of carbonyl (C=O) groups excluding carboxylic acids is 3. The van der Waals surface area contributed by atoms with Crippen molar-refractivity contribution in [3.8, 4) is 0 Å². The molecule has 11 atom stereocenters. The van der Waals surface area contributed by atoms with Crippen LogP contribution in [-0.2, 0) is 28.6 Å². The Balaban J connectivity index is 2.40. The van der Waals surface area contributed by atoms with Gasteiger partial charge in [0.2, 0.25) is 0 Å². The molecule has 2 aliphatic rings. The van der Waals surface area contributed by atoms with E-state index in [4.69, 9.17) is 14.2 Å². The fourth-order valence-electron chi connectivity index (χ4n) is 5.38. The summed E-state index contributed by atoms with van der Waals surface area (Å²) in [6.07, 6.45) is 2.02. The highest BCUT2D eigenvalue weighted by atomic mass is 16.7. The maximum Gasteiger partial charge on any atom is 0.316 e. The molecule has 0 aromatic heterocycles. The van der Waals surface area contributed by atoms with Crippen LogP contribution in [0.15, 0.2) is 12.2 Å². The topological polar surface area (TPSA) is 102 Å². The number of esters is 1. The Labute approximate surface area is 216 Å². The molecular weight excluding hydrogens is 462 g/mol. The van der Waals surface area contributed by atoms with Gasteiger partial charge in [-0.2, -0.15) is 0 Å². The first kappa shape index (κ1) is 30.6. The lowest BCUT2D eigenvalue weighted by atomic mass is 9.80. The summed E-state index contributed by atoms with van der Waals surface area (Å²) in [5.74, 6) is -3.16. The second-order valence-corrected chi connectivity index (χ2v) is 11.2. The van der Waals surface area contributed by atoms with Crippen LogP contribution in [0.3, 0.4) is 0 Å². The number of ether oxygens (including phenoxy) is 3. The lowest BCUT2D eigenvalue weighted by molar-refractivity contribution is -0.278. The second-order valence-electron chi connectivity index (χ2n) is 11.2. The molecule has 0 aliphatic carbocycles. The molecule has 8 heteroatoms. The number of cyclic esters (lactones) is 1. The number of likely N-dealkylation sites (N-methyl/N-ethyl adjacent to an activating group) is 1. The molecule has 1 N–H and O–H groups in total. The summed E-state index contributed by atoms with van der Waals surface area (Å²) in [4.78, 5) is 41.2. The molecule has 0 amide bonds. The van der Waals surface area contributed by atoms with Crippen molar-refractivity contribution < 1.29 is 33.7 Å². The van der Waals surface area contributed by atoms with Crippen LogP contribution in [0.25, 0.3) is 0 Å². The summed E-state index contributed by atoms with van der Waals surface area (Å²) in [6, 6.07) is -0.161. The molecule has 0 unspecified atom stereocenters. The first-order chi connectivity index (χ1) is 16.8. The average molecular weight is 510 g/mol. The second kappa shape index (κ2) is 13.3. The van der Waals surface area contributed by atoms with E-state index in [1.165, 1.54) is 0 Å². The number of rotatable bonds is 4. The van der Waals surface area contributed by atoms with Gasteiger partial charge in [-0.15, -0.1) is 0 Å². The summed E-state index contributed by atoms with van der Waals surface area (Å²) in [7, 11) is 3.80. The third-order valence-electron chi connectivity index (χ3n) is 7.88. The van der Waals surface area contributed by atoms with E-state index in [0.717, 1.165) is 0 Å². The molecule has 2 rings (SSSR count). The lowest BCUT2D eigenvalue weighted by Gasteiger charge is -2.43. The van der Waals surface area contributed by atoms with Crippen molar-refractivity contribution >= 4 is 17.5 Å². The monoisotopic (exact) mass is 509 g/mol. The van der Waals surface area contributed by atoms with Crippen LogP contribution < -0.4 is 0 Å². The Morgan fingerprint density at radius 3 is 2.28 bits per heavy atom. The maximum atomic E-state index is 13.5. The Bertz CT molecular complexity index is 797. The van der Waals surface area contributed by atoms with Crippen LogP contribution in [0.5, 0.6) is 0 Å². The molecule has 206 valence electrons.